The Morgan fingerprint density at radius 3 is 1.76 bits per heavy atom. The second-order valence-corrected chi connectivity index (χ2v) is 13.2. The zero-order chi connectivity index (χ0) is 30.0. The van der Waals surface area contributed by atoms with Gasteiger partial charge in [-0.1, -0.05) is 174 Å². The van der Waals surface area contributed by atoms with Crippen LogP contribution in [0.3, 0.4) is 0 Å². The van der Waals surface area contributed by atoms with Crippen LogP contribution in [0.5, 0.6) is 0 Å². The molecule has 0 atom stereocenters. The van der Waals surface area contributed by atoms with Crippen LogP contribution in [0.4, 0.5) is 0 Å². The highest BCUT2D eigenvalue weighted by Crippen LogP contribution is 2.57. The first kappa shape index (κ1) is 24.6. The lowest BCUT2D eigenvalue weighted by Crippen LogP contribution is -2.59. The lowest BCUT2D eigenvalue weighted by Gasteiger charge is -2.42. The summed E-state index contributed by atoms with van der Waals surface area (Å²) in [5.74, 6) is 0. The highest BCUT2D eigenvalue weighted by Gasteiger charge is 2.54. The van der Waals surface area contributed by atoms with Gasteiger partial charge in [-0.3, -0.25) is 0 Å². The van der Waals surface area contributed by atoms with E-state index in [1.54, 1.807) is 0 Å². The maximum Gasteiger partial charge on any atom is 0.243 e. The molecular formula is C45H27B. The number of benzene rings is 8. The molecule has 0 amide bonds. The van der Waals surface area contributed by atoms with Crippen molar-refractivity contribution in [2.24, 2.45) is 0 Å². The van der Waals surface area contributed by atoms with Crippen molar-refractivity contribution < 1.29 is 0 Å². The van der Waals surface area contributed by atoms with Gasteiger partial charge in [0, 0.05) is 0 Å². The molecule has 2 heterocycles. The molecule has 0 saturated carbocycles. The Morgan fingerprint density at radius 2 is 0.935 bits per heavy atom. The van der Waals surface area contributed by atoms with Gasteiger partial charge in [0.15, 0.2) is 0 Å². The van der Waals surface area contributed by atoms with E-state index in [4.69, 9.17) is 0 Å². The van der Waals surface area contributed by atoms with Crippen LogP contribution >= 0.6 is 0 Å². The van der Waals surface area contributed by atoms with Gasteiger partial charge in [0.1, 0.15) is 0 Å². The van der Waals surface area contributed by atoms with Gasteiger partial charge in [0.25, 0.3) is 0 Å². The molecule has 0 aromatic heterocycles. The average Bonchev–Trinajstić information content (AvgIpc) is 3.62. The van der Waals surface area contributed by atoms with Gasteiger partial charge in [0.05, 0.1) is 5.41 Å². The maximum atomic E-state index is 2.49. The van der Waals surface area contributed by atoms with Crippen molar-refractivity contribution in [1.82, 2.24) is 0 Å². The predicted octanol–water partition coefficient (Wildman–Crippen LogP) is 8.83. The number of hydrogen-bond acceptors (Lipinski definition) is 0. The largest absolute Gasteiger partial charge is 0.243 e. The number of fused-ring (bicyclic) bond motifs is 15. The van der Waals surface area contributed by atoms with E-state index in [0.29, 0.717) is 0 Å². The van der Waals surface area contributed by atoms with Crippen molar-refractivity contribution in [3.8, 4) is 33.4 Å². The third kappa shape index (κ3) is 2.92. The van der Waals surface area contributed by atoms with Gasteiger partial charge in [-0.15, -0.1) is 0 Å². The van der Waals surface area contributed by atoms with Crippen molar-refractivity contribution in [1.29, 1.82) is 0 Å². The second-order valence-electron chi connectivity index (χ2n) is 13.2. The number of hydrogen-bond donors (Lipinski definition) is 0. The van der Waals surface area contributed by atoms with Gasteiger partial charge in [-0.25, -0.2) is 0 Å². The molecule has 0 nitrogen and oxygen atoms in total. The summed E-state index contributed by atoms with van der Waals surface area (Å²) in [7, 11) is 0. The summed E-state index contributed by atoms with van der Waals surface area (Å²) in [6.45, 7) is 0.198. The topological polar surface area (TPSA) is 0 Å². The van der Waals surface area contributed by atoms with Crippen LogP contribution in [0, 0.1) is 0 Å². The molecule has 1 aliphatic carbocycles. The normalized spacial score (nSPS) is 14.2. The minimum Gasteiger partial charge on any atom is -0.0666 e. The van der Waals surface area contributed by atoms with Crippen LogP contribution in [-0.4, -0.2) is 6.71 Å². The molecule has 0 unspecified atom stereocenters. The summed E-state index contributed by atoms with van der Waals surface area (Å²) in [6, 6.07) is 61.9. The molecule has 0 fully saturated rings. The molecule has 11 rings (SSSR count). The Bertz CT molecular complexity index is 2560. The smallest absolute Gasteiger partial charge is 0.0666 e. The number of rotatable bonds is 1. The summed E-state index contributed by atoms with van der Waals surface area (Å²) in [6.07, 6.45) is 0. The standard InChI is InChI=1S/C45H27B/c1-2-11-32-28(10-1)20-21-29-22-23-30(26-37(29)32)31-24-25-35-36-14-9-18-41-44(36)46(43(35)27-31)42-19-8-7-17-40(42)45(41)38-15-5-3-12-33(38)34-13-4-6-16-39(34)45/h1-27H. The molecule has 210 valence electrons. The Labute approximate surface area is 268 Å². The molecule has 8 aromatic rings. The highest BCUT2D eigenvalue weighted by molar-refractivity contribution is 7.00. The van der Waals surface area contributed by atoms with Crippen molar-refractivity contribution in [3.05, 3.63) is 186 Å². The summed E-state index contributed by atoms with van der Waals surface area (Å²) < 4.78 is 0. The third-order valence-electron chi connectivity index (χ3n) is 11.2. The Hall–Kier alpha value is -5.66. The minimum atomic E-state index is -0.337. The van der Waals surface area contributed by atoms with Gasteiger partial charge in [0.2, 0.25) is 6.71 Å². The summed E-state index contributed by atoms with van der Waals surface area (Å²) >= 11 is 0. The first-order valence-electron chi connectivity index (χ1n) is 16.3. The van der Waals surface area contributed by atoms with Crippen LogP contribution in [0.15, 0.2) is 164 Å². The van der Waals surface area contributed by atoms with E-state index in [1.807, 2.05) is 0 Å². The fourth-order valence-corrected chi connectivity index (χ4v) is 9.38. The molecule has 0 saturated heterocycles. The maximum absolute atomic E-state index is 2.49. The van der Waals surface area contributed by atoms with Gasteiger partial charge >= 0.3 is 0 Å². The van der Waals surface area contributed by atoms with E-state index >= 15 is 0 Å². The third-order valence-corrected chi connectivity index (χ3v) is 11.2. The van der Waals surface area contributed by atoms with E-state index in [9.17, 15) is 0 Å². The summed E-state index contributed by atoms with van der Waals surface area (Å²) in [5.41, 5.74) is 17.6. The average molecular weight is 579 g/mol. The predicted molar refractivity (Wildman–Crippen MR) is 194 cm³/mol. The molecular weight excluding hydrogens is 551 g/mol. The Morgan fingerprint density at radius 1 is 0.348 bits per heavy atom. The van der Waals surface area contributed by atoms with Crippen LogP contribution < -0.4 is 16.4 Å². The van der Waals surface area contributed by atoms with Crippen LogP contribution in [0.25, 0.3) is 54.9 Å². The van der Waals surface area contributed by atoms with Crippen molar-refractivity contribution in [2.75, 3.05) is 0 Å². The van der Waals surface area contributed by atoms with Gasteiger partial charge in [-0.05, 0) is 83.2 Å². The quantitative estimate of drug-likeness (QED) is 0.135. The fourth-order valence-electron chi connectivity index (χ4n) is 9.38. The Kier molecular flexibility index (Phi) is 4.68. The van der Waals surface area contributed by atoms with Crippen molar-refractivity contribution >= 4 is 44.6 Å². The zero-order valence-electron chi connectivity index (χ0n) is 25.2. The Balaban J connectivity index is 1.17. The molecule has 1 spiro atoms. The van der Waals surface area contributed by atoms with Crippen LogP contribution in [-0.2, 0) is 5.41 Å². The second kappa shape index (κ2) is 8.74. The molecule has 0 N–H and O–H groups in total. The van der Waals surface area contributed by atoms with E-state index in [0.717, 1.165) is 0 Å². The van der Waals surface area contributed by atoms with Gasteiger partial charge in [-0.2, -0.15) is 0 Å². The monoisotopic (exact) mass is 578 g/mol. The van der Waals surface area contributed by atoms with Crippen LogP contribution in [0.1, 0.15) is 22.3 Å². The van der Waals surface area contributed by atoms with Crippen molar-refractivity contribution in [3.63, 3.8) is 0 Å². The molecule has 3 aliphatic rings. The highest BCUT2D eigenvalue weighted by atomic mass is 14.5. The lowest BCUT2D eigenvalue weighted by atomic mass is 9.32. The van der Waals surface area contributed by atoms with Crippen molar-refractivity contribution in [2.45, 2.75) is 5.41 Å². The van der Waals surface area contributed by atoms with Gasteiger partial charge < -0.3 is 0 Å². The van der Waals surface area contributed by atoms with E-state index in [2.05, 4.69) is 164 Å². The first-order valence-corrected chi connectivity index (χ1v) is 16.3. The zero-order valence-corrected chi connectivity index (χ0v) is 25.2. The molecule has 0 radical (unpaired) electrons. The fraction of sp³-hybridized carbons (Fsp3) is 0.0222. The molecule has 1 heteroatoms. The SMILES string of the molecule is c1ccc2c(c1)B1c3cc(-c4ccc5ccc6ccccc6c5c4)ccc3-c3cccc(c31)C21c2ccccc2-c2ccccc21. The lowest BCUT2D eigenvalue weighted by molar-refractivity contribution is 0.775. The summed E-state index contributed by atoms with van der Waals surface area (Å²) in [5, 5.41) is 5.19. The molecule has 8 aromatic carbocycles. The van der Waals surface area contributed by atoms with Crippen LogP contribution in [0.2, 0.25) is 0 Å². The van der Waals surface area contributed by atoms with E-state index in [-0.39, 0.29) is 12.1 Å². The minimum absolute atomic E-state index is 0.198. The molecule has 2 aliphatic heterocycles. The molecule has 46 heavy (non-hydrogen) atoms. The molecule has 0 bridgehead atoms. The van der Waals surface area contributed by atoms with E-state index in [1.165, 1.54) is 93.6 Å². The summed E-state index contributed by atoms with van der Waals surface area (Å²) in [4.78, 5) is 0. The first-order chi connectivity index (χ1) is 22.8. The van der Waals surface area contributed by atoms with E-state index < -0.39 is 0 Å².